The van der Waals surface area contributed by atoms with E-state index in [0.29, 0.717) is 18.5 Å². The summed E-state index contributed by atoms with van der Waals surface area (Å²) in [7, 11) is 0. The summed E-state index contributed by atoms with van der Waals surface area (Å²) in [6.45, 7) is 9.50. The maximum absolute atomic E-state index is 13.6. The Kier molecular flexibility index (Phi) is 7.20. The van der Waals surface area contributed by atoms with Gasteiger partial charge in [-0.2, -0.15) is 4.37 Å². The molecule has 8 nitrogen and oxygen atoms in total. The molecule has 0 unspecified atom stereocenters. The summed E-state index contributed by atoms with van der Waals surface area (Å²) < 4.78 is 3.93. The van der Waals surface area contributed by atoms with Gasteiger partial charge in [0.25, 0.3) is 11.8 Å². The Morgan fingerprint density at radius 3 is 2.43 bits per heavy atom. The highest BCUT2D eigenvalue weighted by atomic mass is 32.1. The zero-order chi connectivity index (χ0) is 22.6. The molecular weight excluding hydrogens is 402 g/mol. The van der Waals surface area contributed by atoms with Crippen LogP contribution < -0.4 is 21.7 Å². The molecule has 3 amide bonds. The minimum Gasteiger partial charge on any atom is -0.395 e. The molecule has 162 valence electrons. The minimum atomic E-state index is -0.805. The van der Waals surface area contributed by atoms with Crippen LogP contribution in [-0.4, -0.2) is 33.7 Å². The Bertz CT molecular complexity index is 948. The molecule has 1 aromatic carbocycles. The molecule has 0 bridgehead atoms. The van der Waals surface area contributed by atoms with Crippen LogP contribution in [0.5, 0.6) is 0 Å². The smallest absolute Gasteiger partial charge is 0.272 e. The van der Waals surface area contributed by atoms with Gasteiger partial charge in [0.05, 0.1) is 5.69 Å². The lowest BCUT2D eigenvalue weighted by molar-refractivity contribution is -0.123. The van der Waals surface area contributed by atoms with Crippen molar-refractivity contribution < 1.29 is 14.4 Å². The molecule has 2 rings (SSSR count). The number of amides is 3. The van der Waals surface area contributed by atoms with Gasteiger partial charge in [-0.3, -0.25) is 19.3 Å². The number of benzene rings is 1. The molecule has 0 radical (unpaired) electrons. The van der Waals surface area contributed by atoms with Crippen molar-refractivity contribution in [3.05, 3.63) is 40.4 Å². The van der Waals surface area contributed by atoms with E-state index in [4.69, 9.17) is 11.5 Å². The van der Waals surface area contributed by atoms with E-state index in [0.717, 1.165) is 17.1 Å². The number of rotatable bonds is 7. The van der Waals surface area contributed by atoms with Gasteiger partial charge in [-0.15, -0.1) is 0 Å². The molecule has 9 heteroatoms. The number of nitrogens with two attached hydrogens (primary N) is 2. The Morgan fingerprint density at radius 1 is 1.27 bits per heavy atom. The van der Waals surface area contributed by atoms with E-state index in [1.807, 2.05) is 52.8 Å². The van der Waals surface area contributed by atoms with Gasteiger partial charge in [0.2, 0.25) is 5.91 Å². The second kappa shape index (κ2) is 9.25. The molecule has 0 aliphatic carbocycles. The number of primary amides is 1. The van der Waals surface area contributed by atoms with Gasteiger partial charge in [0, 0.05) is 11.2 Å². The normalized spacial score (nSPS) is 12.3. The summed E-state index contributed by atoms with van der Waals surface area (Å²) >= 11 is 0.801. The first-order chi connectivity index (χ1) is 14.0. The van der Waals surface area contributed by atoms with Crippen LogP contribution in [0.1, 0.15) is 66.3 Å². The topological polar surface area (TPSA) is 131 Å². The molecule has 5 N–H and O–H groups in total. The van der Waals surface area contributed by atoms with E-state index >= 15 is 0 Å². The summed E-state index contributed by atoms with van der Waals surface area (Å²) in [5, 5.41) is 2.96. The summed E-state index contributed by atoms with van der Waals surface area (Å²) in [6, 6.07) is 6.56. The molecule has 1 atom stereocenters. The molecule has 2 aromatic rings. The van der Waals surface area contributed by atoms with Crippen LogP contribution in [0.2, 0.25) is 0 Å². The number of carbonyl (C=O) groups excluding carboxylic acids is 3. The zero-order valence-electron chi connectivity index (χ0n) is 18.0. The second-order valence-electron chi connectivity index (χ2n) is 8.20. The number of carbonyl (C=O) groups is 3. The molecule has 0 spiro atoms. The number of hydrogen-bond donors (Lipinski definition) is 3. The number of anilines is 2. The van der Waals surface area contributed by atoms with Gasteiger partial charge in [0.1, 0.15) is 10.9 Å². The number of aryl methyl sites for hydroxylation is 1. The molecular formula is C21H29N5O3S. The van der Waals surface area contributed by atoms with Gasteiger partial charge in [0.15, 0.2) is 5.69 Å². The fourth-order valence-corrected chi connectivity index (χ4v) is 3.80. The molecule has 0 aliphatic rings. The molecule has 1 aromatic heterocycles. The van der Waals surface area contributed by atoms with E-state index in [-0.39, 0.29) is 22.2 Å². The molecule has 0 saturated carbocycles. The van der Waals surface area contributed by atoms with Crippen molar-refractivity contribution >= 4 is 40.6 Å². The number of nitrogens with zero attached hydrogens (tertiary/aromatic N) is 2. The van der Waals surface area contributed by atoms with Crippen LogP contribution in [0.25, 0.3) is 0 Å². The Balaban J connectivity index is 2.60. The number of aromatic nitrogens is 1. The van der Waals surface area contributed by atoms with Gasteiger partial charge in [-0.05, 0) is 63.3 Å². The fraction of sp³-hybridized carbons (Fsp3) is 0.429. The number of nitrogen functional groups attached to an aromatic ring is 1. The SMILES string of the molecule is CCC[C@@H](C(=O)NC(C)(C)C)N(C(=O)c1snc(C(N)=O)c1N)c1cccc(C)c1. The molecule has 30 heavy (non-hydrogen) atoms. The maximum atomic E-state index is 13.6. The van der Waals surface area contributed by atoms with E-state index in [2.05, 4.69) is 9.69 Å². The second-order valence-corrected chi connectivity index (χ2v) is 8.97. The number of nitrogens with one attached hydrogen (secondary N) is 1. The third-order valence-electron chi connectivity index (χ3n) is 4.33. The van der Waals surface area contributed by atoms with E-state index < -0.39 is 23.4 Å². The van der Waals surface area contributed by atoms with Gasteiger partial charge < -0.3 is 16.8 Å². The maximum Gasteiger partial charge on any atom is 0.272 e. The van der Waals surface area contributed by atoms with E-state index in [1.165, 1.54) is 4.90 Å². The lowest BCUT2D eigenvalue weighted by Crippen LogP contribution is -2.54. The minimum absolute atomic E-state index is 0.0679. The average molecular weight is 432 g/mol. The first kappa shape index (κ1) is 23.3. The Morgan fingerprint density at radius 2 is 1.93 bits per heavy atom. The highest BCUT2D eigenvalue weighted by Gasteiger charge is 2.35. The van der Waals surface area contributed by atoms with Crippen molar-refractivity contribution in [2.75, 3.05) is 10.6 Å². The summed E-state index contributed by atoms with van der Waals surface area (Å²) in [5.41, 5.74) is 12.1. The lowest BCUT2D eigenvalue weighted by atomic mass is 10.0. The monoisotopic (exact) mass is 431 g/mol. The summed E-state index contributed by atoms with van der Waals surface area (Å²) in [6.07, 6.45) is 1.13. The highest BCUT2D eigenvalue weighted by Crippen LogP contribution is 2.29. The quantitative estimate of drug-likeness (QED) is 0.620. The van der Waals surface area contributed by atoms with Crippen LogP contribution in [0.15, 0.2) is 24.3 Å². The largest absolute Gasteiger partial charge is 0.395 e. The summed E-state index contributed by atoms with van der Waals surface area (Å²) in [4.78, 5) is 39.8. The lowest BCUT2D eigenvalue weighted by Gasteiger charge is -2.33. The highest BCUT2D eigenvalue weighted by molar-refractivity contribution is 7.09. The average Bonchev–Trinajstić information content (AvgIpc) is 3.01. The van der Waals surface area contributed by atoms with Crippen LogP contribution in [-0.2, 0) is 4.79 Å². The van der Waals surface area contributed by atoms with Crippen LogP contribution >= 0.6 is 11.5 Å². The van der Waals surface area contributed by atoms with Crippen molar-refractivity contribution in [3.8, 4) is 0 Å². The van der Waals surface area contributed by atoms with Gasteiger partial charge >= 0.3 is 0 Å². The van der Waals surface area contributed by atoms with Crippen LogP contribution in [0.3, 0.4) is 0 Å². The van der Waals surface area contributed by atoms with Crippen LogP contribution in [0, 0.1) is 6.92 Å². The zero-order valence-corrected chi connectivity index (χ0v) is 18.8. The van der Waals surface area contributed by atoms with Crippen molar-refractivity contribution in [2.45, 2.75) is 59.0 Å². The third kappa shape index (κ3) is 5.35. The predicted octanol–water partition coefficient (Wildman–Crippen LogP) is 2.86. The molecule has 0 aliphatic heterocycles. The molecule has 0 saturated heterocycles. The van der Waals surface area contributed by atoms with Crippen molar-refractivity contribution in [2.24, 2.45) is 5.73 Å². The van der Waals surface area contributed by atoms with E-state index in [1.54, 1.807) is 6.07 Å². The fourth-order valence-electron chi connectivity index (χ4n) is 3.06. The van der Waals surface area contributed by atoms with Crippen molar-refractivity contribution in [1.82, 2.24) is 9.69 Å². The Hall–Kier alpha value is -2.94. The molecule has 0 fully saturated rings. The molecule has 1 heterocycles. The van der Waals surface area contributed by atoms with Crippen molar-refractivity contribution in [1.29, 1.82) is 0 Å². The number of hydrogen-bond acceptors (Lipinski definition) is 6. The first-order valence-corrected chi connectivity index (χ1v) is 10.5. The first-order valence-electron chi connectivity index (χ1n) is 9.73. The predicted molar refractivity (Wildman–Crippen MR) is 120 cm³/mol. The standard InChI is InChI=1S/C21H29N5O3S/c1-6-8-14(19(28)24-21(3,4)5)26(13-10-7-9-12(2)11-13)20(29)17-15(22)16(18(23)27)25-30-17/h7,9-11,14H,6,8,22H2,1-5H3,(H2,23,27)(H,24,28)/t14-/m0/s1. The van der Waals surface area contributed by atoms with Crippen LogP contribution in [0.4, 0.5) is 11.4 Å². The van der Waals surface area contributed by atoms with Gasteiger partial charge in [-0.25, -0.2) is 0 Å². The summed E-state index contributed by atoms with van der Waals surface area (Å²) in [5.74, 6) is -1.57. The van der Waals surface area contributed by atoms with Crippen molar-refractivity contribution in [3.63, 3.8) is 0 Å². The van der Waals surface area contributed by atoms with Gasteiger partial charge in [-0.1, -0.05) is 25.5 Å². The third-order valence-corrected chi connectivity index (χ3v) is 5.18. The Labute approximate surface area is 180 Å². The van der Waals surface area contributed by atoms with E-state index in [9.17, 15) is 14.4 Å².